The van der Waals surface area contributed by atoms with Gasteiger partial charge in [0.05, 0.1) is 105 Å². The highest BCUT2D eigenvalue weighted by Crippen LogP contribution is 2.38. The average molecular weight is 2010 g/mol. The zero-order valence-corrected chi connectivity index (χ0v) is 75.8. The summed E-state index contributed by atoms with van der Waals surface area (Å²) in [5, 5.41) is 47.9. The van der Waals surface area contributed by atoms with E-state index in [0.717, 1.165) is 109 Å². The van der Waals surface area contributed by atoms with Crippen LogP contribution in [0.4, 0.5) is 94.9 Å². The van der Waals surface area contributed by atoms with Crippen molar-refractivity contribution in [1.82, 2.24) is 74.2 Å². The van der Waals surface area contributed by atoms with Crippen molar-refractivity contribution in [1.29, 1.82) is 0 Å². The van der Waals surface area contributed by atoms with Crippen LogP contribution in [0.25, 0.3) is 54.5 Å². The third-order valence-electron chi connectivity index (χ3n) is 21.8. The molecule has 0 aliphatic carbocycles. The van der Waals surface area contributed by atoms with Gasteiger partial charge in [-0.15, -0.1) is 22.7 Å². The zero-order valence-electron chi connectivity index (χ0n) is 74.1. The van der Waals surface area contributed by atoms with Gasteiger partial charge in [-0.25, -0.2) is 19.6 Å². The predicted octanol–water partition coefficient (Wildman–Crippen LogP) is 23.6. The molecule has 0 saturated heterocycles. The molecule has 0 fully saturated rings. The highest BCUT2D eigenvalue weighted by molar-refractivity contribution is 7.09. The largest absolute Gasteiger partial charge is 0.459 e. The fourth-order valence-corrected chi connectivity index (χ4v) is 15.7. The van der Waals surface area contributed by atoms with E-state index in [1.807, 2.05) is 97.9 Å². The van der Waals surface area contributed by atoms with E-state index in [4.69, 9.17) is 8.83 Å². The maximum Gasteiger partial charge on any atom is 0.416 e. The van der Waals surface area contributed by atoms with E-state index < -0.39 is 76.4 Å². The minimum atomic E-state index is -4.38. The molecule has 0 radical (unpaired) electrons. The van der Waals surface area contributed by atoms with Gasteiger partial charge in [-0.05, 0) is 181 Å². The lowest BCUT2D eigenvalue weighted by molar-refractivity contribution is -0.138. The number of hydrogen-bond acceptors (Lipinski definition) is 20. The van der Waals surface area contributed by atoms with Gasteiger partial charge in [0, 0.05) is 42.8 Å². The average Bonchev–Trinajstić information content (AvgIpc) is 1.67. The first-order valence-corrected chi connectivity index (χ1v) is 44.3. The number of amides is 5. The number of oxazole rings is 1. The summed E-state index contributed by atoms with van der Waals surface area (Å²) in [7, 11) is 0. The van der Waals surface area contributed by atoms with E-state index in [9.17, 15) is 89.8 Å². The molecule has 28 nitrogen and oxygen atoms in total. The van der Waals surface area contributed by atoms with Gasteiger partial charge in [-0.3, -0.25) is 47.4 Å². The number of nitrogens with zero attached hydrogens (tertiary/aromatic N) is 15. The van der Waals surface area contributed by atoms with Crippen LogP contribution in [-0.2, 0) is 63.6 Å². The molecule has 0 saturated carbocycles. The van der Waals surface area contributed by atoms with Crippen LogP contribution in [0, 0.1) is 20.8 Å². The first kappa shape index (κ1) is 98.8. The van der Waals surface area contributed by atoms with Gasteiger partial charge in [-0.1, -0.05) is 126 Å². The molecule has 45 heteroatoms. The summed E-state index contributed by atoms with van der Waals surface area (Å²) in [5.41, 5.74) is 8.17. The topological polar surface area (TPSA) is 338 Å². The summed E-state index contributed by atoms with van der Waals surface area (Å²) < 4.78 is 214. The summed E-state index contributed by atoms with van der Waals surface area (Å²) >= 11 is 2.69. The van der Waals surface area contributed by atoms with Crippen molar-refractivity contribution >= 4 is 136 Å². The summed E-state index contributed by atoms with van der Waals surface area (Å²) in [4.78, 5) is 74.7. The molecular formula is C98H71F15N20O8S2. The number of thiazole rings is 2. The monoisotopic (exact) mass is 2000 g/mol. The SMILES string of the molecule is Cc1ccoc1C(=O)Nc1nn(Cc2ccc(C(F)(F)F)cc2)c2ccccc12.Cc1ocnc1C(=O)Nc1nn(Cc2ccc(C(F)(F)F)cc2)c2ccccc12.Cc1scnc1C(=O)Nc1nn(Cc2ccc(C(F)(F)F)cc2)c2ccccc12.O=C(Nc1nn(Cc2ccc(C(F)(F)F)cc2)c2ccccc12)c1cnon1.O=C(Nc1nn(Cc2ccc(C(F)(F)F)cc2)c2ccccc12)c1cscn1. The number of furan rings is 1. The molecule has 0 aliphatic heterocycles. The minimum absolute atomic E-state index is 0.00127. The van der Waals surface area contributed by atoms with Crippen LogP contribution in [0.5, 0.6) is 0 Å². The summed E-state index contributed by atoms with van der Waals surface area (Å²) in [6.07, 6.45) is -18.1. The summed E-state index contributed by atoms with van der Waals surface area (Å²) in [5.74, 6) is 0.196. The first-order valence-electron chi connectivity index (χ1n) is 42.5. The second-order valence-electron chi connectivity index (χ2n) is 31.5. The van der Waals surface area contributed by atoms with Crippen molar-refractivity contribution in [2.45, 2.75) is 84.4 Å². The Morgan fingerprint density at radius 1 is 0.329 bits per heavy atom. The van der Waals surface area contributed by atoms with Crippen LogP contribution >= 0.6 is 22.7 Å². The van der Waals surface area contributed by atoms with E-state index in [-0.39, 0.29) is 61.7 Å². The van der Waals surface area contributed by atoms with Crippen LogP contribution in [0.2, 0.25) is 0 Å². The molecule has 20 rings (SSSR count). The number of halogens is 15. The molecule has 10 heterocycles. The third-order valence-corrected chi connectivity index (χ3v) is 23.1. The molecule has 0 atom stereocenters. The Bertz CT molecular complexity index is 7290. The highest BCUT2D eigenvalue weighted by atomic mass is 32.1. The number of carbonyl (C=O) groups is 5. The lowest BCUT2D eigenvalue weighted by atomic mass is 10.1. The van der Waals surface area contributed by atoms with E-state index >= 15 is 0 Å². The van der Waals surface area contributed by atoms with Gasteiger partial charge in [0.2, 0.25) is 0 Å². The van der Waals surface area contributed by atoms with Crippen molar-refractivity contribution in [3.05, 3.63) is 384 Å². The van der Waals surface area contributed by atoms with Crippen molar-refractivity contribution in [2.75, 3.05) is 26.6 Å². The van der Waals surface area contributed by atoms with Crippen LogP contribution in [-0.4, -0.2) is 104 Å². The van der Waals surface area contributed by atoms with Crippen molar-refractivity contribution in [3.8, 4) is 0 Å². The van der Waals surface area contributed by atoms with E-state index in [2.05, 4.69) is 82.0 Å². The number of benzene rings is 10. The number of para-hydroxylation sites is 5. The van der Waals surface area contributed by atoms with E-state index in [1.54, 1.807) is 90.1 Å². The molecule has 143 heavy (non-hydrogen) atoms. The van der Waals surface area contributed by atoms with Gasteiger partial charge in [0.25, 0.3) is 29.5 Å². The molecule has 5 N–H and O–H groups in total. The Labute approximate surface area is 804 Å². The molecule has 0 spiro atoms. The maximum absolute atomic E-state index is 12.8. The Morgan fingerprint density at radius 3 is 0.888 bits per heavy atom. The molecule has 0 unspecified atom stereocenters. The number of anilines is 5. The molecule has 5 amide bonds. The second-order valence-corrected chi connectivity index (χ2v) is 33.3. The Morgan fingerprint density at radius 2 is 0.629 bits per heavy atom. The first-order chi connectivity index (χ1) is 68.3. The van der Waals surface area contributed by atoms with Gasteiger partial charge < -0.3 is 35.4 Å². The van der Waals surface area contributed by atoms with Gasteiger partial charge in [-0.2, -0.15) is 91.3 Å². The van der Waals surface area contributed by atoms with Gasteiger partial charge in [0.15, 0.2) is 52.6 Å². The Hall–Kier alpha value is -17.3. The molecule has 10 aromatic carbocycles. The Balaban J connectivity index is 0.000000128. The fraction of sp³-hybridized carbons (Fsp3) is 0.133. The van der Waals surface area contributed by atoms with Gasteiger partial charge in [0.1, 0.15) is 23.3 Å². The number of alkyl halides is 15. The normalized spacial score (nSPS) is 11.7. The standard InChI is InChI=1S/C21H16F3N3O2.C20H15F3N4O2.C20H15F3N4OS.C19H13F3N4OS.C18H12F3N5O2/c1-13-10-11-29-18(13)20(28)25-19-16-4-2-3-5-17(16)27(26-19)12-14-6-8-15(9-7-14)21(22,23)24;2*1-12-17(24-11-29-12)19(28)25-18-15-4-2-3-5-16(15)27(26-18)10-13-6-8-14(9-7-13)20(21,22)23;20-19(21,22)13-7-5-12(6-8-13)9-26-16-4-2-1-3-14(16)17(25-26)24-18(27)15-10-28-11-23-15;19-18(20,21)12-7-5-11(6-8-12)10-26-15-4-2-1-3-13(15)16(24-26)23-17(27)14-9-22-28-25-14/h2-11H,12H2,1H3,(H,25,26,28);2*2-9,11H,10H2,1H3,(H,25,26,28);1-8,10-11H,9H2,(H,24,25,27);1-9H,10H2,(H,23,24,27). The number of carbonyl (C=O) groups excluding carboxylic acids is 5. The molecule has 0 aliphatic rings. The molecular weight excluding hydrogens is 1930 g/mol. The van der Waals surface area contributed by atoms with Gasteiger partial charge >= 0.3 is 30.9 Å². The number of rotatable bonds is 20. The maximum atomic E-state index is 12.8. The Kier molecular flexibility index (Phi) is 28.9. The van der Waals surface area contributed by atoms with E-state index in [0.29, 0.717) is 90.4 Å². The molecule has 728 valence electrons. The number of nitrogens with one attached hydrogen (secondary N) is 5. The van der Waals surface area contributed by atoms with Crippen LogP contribution in [0.3, 0.4) is 0 Å². The zero-order chi connectivity index (χ0) is 101. The van der Waals surface area contributed by atoms with Crippen LogP contribution in [0.15, 0.2) is 297 Å². The number of fused-ring (bicyclic) bond motifs is 5. The van der Waals surface area contributed by atoms with Crippen LogP contribution < -0.4 is 26.6 Å². The third kappa shape index (κ3) is 23.7. The van der Waals surface area contributed by atoms with Crippen molar-refractivity contribution in [3.63, 3.8) is 0 Å². The lowest BCUT2D eigenvalue weighted by Gasteiger charge is -2.08. The van der Waals surface area contributed by atoms with E-state index in [1.165, 1.54) is 102 Å². The van der Waals surface area contributed by atoms with Crippen LogP contribution in [0.1, 0.15) is 124 Å². The van der Waals surface area contributed by atoms with Crippen molar-refractivity contribution < 1.29 is 103 Å². The molecule has 0 bridgehead atoms. The van der Waals surface area contributed by atoms with Crippen molar-refractivity contribution in [2.24, 2.45) is 0 Å². The molecule has 10 aromatic heterocycles. The lowest BCUT2D eigenvalue weighted by Crippen LogP contribution is -2.14. The fourth-order valence-electron chi connectivity index (χ4n) is 14.6. The molecule has 20 aromatic rings. The predicted molar refractivity (Wildman–Crippen MR) is 499 cm³/mol. The number of aryl methyl sites for hydroxylation is 3. The summed E-state index contributed by atoms with van der Waals surface area (Å²) in [6.45, 7) is 6.48. The number of hydrogen-bond donors (Lipinski definition) is 5. The minimum Gasteiger partial charge on any atom is -0.459 e. The quantitative estimate of drug-likeness (QED) is 0.0443. The second kappa shape index (κ2) is 41.8. The highest BCUT2D eigenvalue weighted by Gasteiger charge is 2.35. The number of aromatic nitrogens is 15. The smallest absolute Gasteiger partial charge is 0.416 e. The summed E-state index contributed by atoms with van der Waals surface area (Å²) in [6, 6.07) is 62.7.